The van der Waals surface area contributed by atoms with Crippen LogP contribution in [0.4, 0.5) is 0 Å². The van der Waals surface area contributed by atoms with Gasteiger partial charge in [-0.25, -0.2) is 13.1 Å². The number of benzene rings is 1. The van der Waals surface area contributed by atoms with Gasteiger partial charge < -0.3 is 5.11 Å². The minimum atomic E-state index is -3.49. The third-order valence-electron chi connectivity index (χ3n) is 2.33. The molecule has 1 aromatic carbocycles. The van der Waals surface area contributed by atoms with Gasteiger partial charge in [-0.3, -0.25) is 0 Å². The molecule has 1 rings (SSSR count). The van der Waals surface area contributed by atoms with Crippen molar-refractivity contribution < 1.29 is 13.5 Å². The highest BCUT2D eigenvalue weighted by atomic mass is 79.9. The Morgan fingerprint density at radius 3 is 2.61 bits per heavy atom. The van der Waals surface area contributed by atoms with Crippen LogP contribution in [-0.2, 0) is 10.0 Å². The number of halogens is 2. The maximum atomic E-state index is 11.9. The highest BCUT2D eigenvalue weighted by Crippen LogP contribution is 2.25. The summed E-state index contributed by atoms with van der Waals surface area (Å²) in [5.74, 6) is 0. The van der Waals surface area contributed by atoms with Crippen LogP contribution in [0.3, 0.4) is 0 Å². The molecule has 0 saturated heterocycles. The second kappa shape index (κ2) is 7.45. The Kier molecular flexibility index (Phi) is 6.59. The van der Waals surface area contributed by atoms with Gasteiger partial charge in [-0.15, -0.1) is 0 Å². The van der Waals surface area contributed by atoms with Crippen molar-refractivity contribution in [2.24, 2.45) is 0 Å². The molecule has 2 N–H and O–H groups in total. The van der Waals surface area contributed by atoms with E-state index in [0.29, 0.717) is 28.9 Å². The van der Waals surface area contributed by atoms with Gasteiger partial charge in [-0.05, 0) is 53.4 Å². The van der Waals surface area contributed by atoms with Gasteiger partial charge >= 0.3 is 0 Å². The van der Waals surface area contributed by atoms with Gasteiger partial charge in [0, 0.05) is 17.6 Å². The number of aliphatic hydroxyl groups is 1. The van der Waals surface area contributed by atoms with Crippen LogP contribution < -0.4 is 4.72 Å². The summed E-state index contributed by atoms with van der Waals surface area (Å²) in [5, 5.41) is 9.07. The van der Waals surface area contributed by atoms with E-state index in [1.165, 1.54) is 18.2 Å². The van der Waals surface area contributed by atoms with Crippen LogP contribution >= 0.6 is 27.5 Å². The molecule has 0 radical (unpaired) electrons. The van der Waals surface area contributed by atoms with Crippen molar-refractivity contribution >= 4 is 37.6 Å². The third-order valence-corrected chi connectivity index (χ3v) is 5.00. The zero-order valence-corrected chi connectivity index (χ0v) is 12.9. The lowest BCUT2D eigenvalue weighted by Crippen LogP contribution is -2.24. The van der Waals surface area contributed by atoms with Crippen molar-refractivity contribution in [2.45, 2.75) is 24.2 Å². The van der Waals surface area contributed by atoms with Crippen LogP contribution in [0.1, 0.15) is 19.3 Å². The highest BCUT2D eigenvalue weighted by molar-refractivity contribution is 9.10. The molecule has 0 heterocycles. The highest BCUT2D eigenvalue weighted by Gasteiger charge is 2.14. The standard InChI is InChI=1S/C11H15BrClNO3S/c12-10-8-9(4-5-11(10)13)18(16,17)14-6-2-1-3-7-15/h4-5,8,14-15H,1-3,6-7H2. The van der Waals surface area contributed by atoms with E-state index in [2.05, 4.69) is 20.7 Å². The maximum Gasteiger partial charge on any atom is 0.240 e. The van der Waals surface area contributed by atoms with Gasteiger partial charge in [0.05, 0.1) is 9.92 Å². The molecule has 4 nitrogen and oxygen atoms in total. The number of unbranched alkanes of at least 4 members (excludes halogenated alkanes) is 2. The summed E-state index contributed by atoms with van der Waals surface area (Å²) < 4.78 is 26.9. The third kappa shape index (κ3) is 4.85. The van der Waals surface area contributed by atoms with Gasteiger partial charge in [-0.1, -0.05) is 11.6 Å². The van der Waals surface area contributed by atoms with Crippen molar-refractivity contribution in [1.82, 2.24) is 4.72 Å². The molecular weight excluding hydrogens is 342 g/mol. The maximum absolute atomic E-state index is 11.9. The molecule has 0 aliphatic carbocycles. The van der Waals surface area contributed by atoms with Crippen molar-refractivity contribution in [2.75, 3.05) is 13.2 Å². The van der Waals surface area contributed by atoms with Gasteiger partial charge in [0.2, 0.25) is 10.0 Å². The zero-order valence-electron chi connectivity index (χ0n) is 9.70. The average molecular weight is 357 g/mol. The molecule has 0 saturated carbocycles. The second-order valence-corrected chi connectivity index (χ2v) is 6.79. The molecule has 0 spiro atoms. The Morgan fingerprint density at radius 2 is 2.00 bits per heavy atom. The molecular formula is C11H15BrClNO3S. The second-order valence-electron chi connectivity index (χ2n) is 3.76. The van der Waals surface area contributed by atoms with Gasteiger partial charge in [-0.2, -0.15) is 0 Å². The fourth-order valence-corrected chi connectivity index (χ4v) is 3.10. The van der Waals surface area contributed by atoms with E-state index in [4.69, 9.17) is 16.7 Å². The molecule has 18 heavy (non-hydrogen) atoms. The summed E-state index contributed by atoms with van der Waals surface area (Å²) in [5.41, 5.74) is 0. The molecule has 0 unspecified atom stereocenters. The van der Waals surface area contributed by atoms with Gasteiger partial charge in [0.15, 0.2) is 0 Å². The van der Waals surface area contributed by atoms with Crippen LogP contribution in [0.5, 0.6) is 0 Å². The lowest BCUT2D eigenvalue weighted by atomic mass is 10.2. The first-order chi connectivity index (χ1) is 8.47. The van der Waals surface area contributed by atoms with Crippen LogP contribution in [0.2, 0.25) is 5.02 Å². The van der Waals surface area contributed by atoms with E-state index < -0.39 is 10.0 Å². The molecule has 0 amide bonds. The Hall–Kier alpha value is -0.140. The minimum Gasteiger partial charge on any atom is -0.396 e. The Bertz CT molecular complexity index is 493. The number of sulfonamides is 1. The lowest BCUT2D eigenvalue weighted by Gasteiger charge is -2.07. The van der Waals surface area contributed by atoms with Crippen LogP contribution in [-0.4, -0.2) is 26.7 Å². The first-order valence-corrected chi connectivity index (χ1v) is 8.18. The number of aliphatic hydroxyl groups excluding tert-OH is 1. The summed E-state index contributed by atoms with van der Waals surface area (Å²) >= 11 is 9.00. The Morgan fingerprint density at radius 1 is 1.28 bits per heavy atom. The smallest absolute Gasteiger partial charge is 0.240 e. The van der Waals surface area contributed by atoms with Gasteiger partial charge in [0.1, 0.15) is 0 Å². The number of hydrogen-bond donors (Lipinski definition) is 2. The topological polar surface area (TPSA) is 66.4 Å². The summed E-state index contributed by atoms with van der Waals surface area (Å²) in [7, 11) is -3.49. The fraction of sp³-hybridized carbons (Fsp3) is 0.455. The van der Waals surface area contributed by atoms with Crippen LogP contribution in [0.15, 0.2) is 27.6 Å². The van der Waals surface area contributed by atoms with E-state index >= 15 is 0 Å². The average Bonchev–Trinajstić information content (AvgIpc) is 2.32. The number of hydrogen-bond acceptors (Lipinski definition) is 3. The molecule has 7 heteroatoms. The minimum absolute atomic E-state index is 0.136. The largest absolute Gasteiger partial charge is 0.396 e. The molecule has 102 valence electrons. The van der Waals surface area contributed by atoms with Crippen molar-refractivity contribution in [3.8, 4) is 0 Å². The molecule has 0 bridgehead atoms. The molecule has 0 aromatic heterocycles. The van der Waals surface area contributed by atoms with Crippen molar-refractivity contribution in [3.63, 3.8) is 0 Å². The van der Waals surface area contributed by atoms with Crippen molar-refractivity contribution in [3.05, 3.63) is 27.7 Å². The van der Waals surface area contributed by atoms with Crippen LogP contribution in [0.25, 0.3) is 0 Å². The van der Waals surface area contributed by atoms with Gasteiger partial charge in [0.25, 0.3) is 0 Å². The fourth-order valence-electron chi connectivity index (χ4n) is 1.35. The summed E-state index contributed by atoms with van der Waals surface area (Å²) in [4.78, 5) is 0.181. The summed E-state index contributed by atoms with van der Waals surface area (Å²) in [6, 6.07) is 4.47. The zero-order chi connectivity index (χ0) is 13.6. The Balaban J connectivity index is 2.60. The van der Waals surface area contributed by atoms with E-state index in [-0.39, 0.29) is 11.5 Å². The molecule has 0 aliphatic rings. The summed E-state index contributed by atoms with van der Waals surface area (Å²) in [6.07, 6.45) is 2.19. The monoisotopic (exact) mass is 355 g/mol. The Labute approximate surface area is 121 Å². The molecule has 1 aromatic rings. The first kappa shape index (κ1) is 15.9. The predicted octanol–water partition coefficient (Wildman–Crippen LogP) is 2.54. The van der Waals surface area contributed by atoms with E-state index in [0.717, 1.165) is 6.42 Å². The predicted molar refractivity (Wildman–Crippen MR) is 75.3 cm³/mol. The summed E-state index contributed by atoms with van der Waals surface area (Å²) in [6.45, 7) is 0.499. The molecule has 0 atom stereocenters. The number of nitrogens with one attached hydrogen (secondary N) is 1. The normalized spacial score (nSPS) is 11.7. The van der Waals surface area contributed by atoms with E-state index in [1.54, 1.807) is 0 Å². The molecule has 0 fully saturated rings. The number of rotatable bonds is 7. The quantitative estimate of drug-likeness (QED) is 0.738. The lowest BCUT2D eigenvalue weighted by molar-refractivity contribution is 0.283. The van der Waals surface area contributed by atoms with E-state index in [1.807, 2.05) is 0 Å². The SMILES string of the molecule is O=S(=O)(NCCCCCO)c1ccc(Cl)c(Br)c1. The van der Waals surface area contributed by atoms with E-state index in [9.17, 15) is 8.42 Å². The van der Waals surface area contributed by atoms with Crippen LogP contribution in [0, 0.1) is 0 Å². The molecule has 0 aliphatic heterocycles. The first-order valence-electron chi connectivity index (χ1n) is 5.53. The van der Waals surface area contributed by atoms with Crippen molar-refractivity contribution in [1.29, 1.82) is 0 Å².